The van der Waals surface area contributed by atoms with Gasteiger partial charge in [-0.3, -0.25) is 18.0 Å². The molecule has 568 valence electrons. The summed E-state index contributed by atoms with van der Waals surface area (Å²) < 4.78 is 158. The van der Waals surface area contributed by atoms with E-state index in [1.54, 1.807) is 26.0 Å². The van der Waals surface area contributed by atoms with E-state index in [1.165, 1.54) is 13.8 Å². The number of rotatable bonds is 22. The van der Waals surface area contributed by atoms with E-state index in [-0.39, 0.29) is 24.2 Å². The van der Waals surface area contributed by atoms with Gasteiger partial charge >= 0.3 is 11.9 Å². The molecule has 10 aliphatic rings. The van der Waals surface area contributed by atoms with Crippen LogP contribution in [0.2, 0.25) is 0 Å². The summed E-state index contributed by atoms with van der Waals surface area (Å²) in [5.74, 6) is -1.70. The van der Waals surface area contributed by atoms with Crippen LogP contribution in [-0.4, -0.2) is 304 Å². The number of hydrogen-bond donors (Lipinski definition) is 12. The van der Waals surface area contributed by atoms with Crippen LogP contribution in [0.4, 0.5) is 0 Å². The Morgan fingerprint density at radius 1 is 0.677 bits per heavy atom. The summed E-state index contributed by atoms with van der Waals surface area (Å²) in [5, 5.41) is 134. The van der Waals surface area contributed by atoms with Crippen molar-refractivity contribution in [2.45, 2.75) is 278 Å². The lowest BCUT2D eigenvalue weighted by atomic mass is 9.41. The summed E-state index contributed by atoms with van der Waals surface area (Å²) in [4.78, 5) is 27.7. The van der Waals surface area contributed by atoms with Gasteiger partial charge in [-0.15, -0.1) is 0 Å². The molecule has 6 heterocycles. The van der Waals surface area contributed by atoms with E-state index in [0.29, 0.717) is 38.5 Å². The fourth-order valence-electron chi connectivity index (χ4n) is 18.0. The number of ether oxygens (including phenoxy) is 13. The Labute approximate surface area is 572 Å². The van der Waals surface area contributed by atoms with Crippen LogP contribution in [-0.2, 0) is 100 Å². The van der Waals surface area contributed by atoms with E-state index < -0.39 is 252 Å². The number of hydrogen-bond acceptors (Lipinski definition) is 35. The molecule has 3 saturated carbocycles. The minimum Gasteiger partial charge on any atom is -0.726 e. The van der Waals surface area contributed by atoms with E-state index in [2.05, 4.69) is 24.1 Å². The lowest BCUT2D eigenvalue weighted by molar-refractivity contribution is -0.406. The van der Waals surface area contributed by atoms with Crippen molar-refractivity contribution < 1.29 is 167 Å². The molecule has 12 N–H and O–H groups in total. The van der Waals surface area contributed by atoms with Crippen molar-refractivity contribution >= 4 is 32.7 Å². The van der Waals surface area contributed by atoms with E-state index in [9.17, 15) is 96.8 Å². The molecule has 37 heteroatoms. The highest BCUT2D eigenvalue weighted by Crippen LogP contribution is 2.77. The Morgan fingerprint density at radius 3 is 1.86 bits per heavy atom. The lowest BCUT2D eigenvalue weighted by Crippen LogP contribution is -2.68. The summed E-state index contributed by atoms with van der Waals surface area (Å²) in [6.45, 7) is 12.0. The second-order valence-electron chi connectivity index (χ2n) is 29.8. The summed E-state index contributed by atoms with van der Waals surface area (Å²) in [6.07, 6.45) is -40.1. The van der Waals surface area contributed by atoms with Gasteiger partial charge in [-0.25, -0.2) is 16.8 Å². The van der Waals surface area contributed by atoms with E-state index in [4.69, 9.17) is 65.8 Å². The van der Waals surface area contributed by atoms with Crippen molar-refractivity contribution in [3.63, 3.8) is 0 Å². The zero-order valence-electron chi connectivity index (χ0n) is 56.3. The van der Waals surface area contributed by atoms with Gasteiger partial charge in [-0.05, 0) is 88.9 Å². The number of aliphatic hydroxyl groups excluding tert-OH is 11. The van der Waals surface area contributed by atoms with E-state index in [1.807, 2.05) is 20.8 Å². The summed E-state index contributed by atoms with van der Waals surface area (Å²) in [7, 11) is -9.94. The zero-order valence-corrected chi connectivity index (χ0v) is 58.0. The first kappa shape index (κ1) is 78.8. The minimum atomic E-state index is -5.60. The highest BCUT2D eigenvalue weighted by molar-refractivity contribution is 7.81. The van der Waals surface area contributed by atoms with Crippen molar-refractivity contribution in [3.05, 3.63) is 23.8 Å². The van der Waals surface area contributed by atoms with Crippen LogP contribution < -0.4 is 0 Å². The van der Waals surface area contributed by atoms with E-state index in [0.717, 1.165) is 12.7 Å². The molecule has 1 spiro atoms. The predicted molar refractivity (Wildman–Crippen MR) is 322 cm³/mol. The first-order chi connectivity index (χ1) is 46.0. The maximum atomic E-state index is 14.8. The number of methoxy groups -OCH3 is 1. The molecular formula is C62H96O35S2-2. The first-order valence-corrected chi connectivity index (χ1v) is 35.8. The Hall–Kier alpha value is -2.76. The Kier molecular flexibility index (Phi) is 23.2. The summed E-state index contributed by atoms with van der Waals surface area (Å²) in [6, 6.07) is 0. The number of carbonyl (C=O) groups is 2. The standard InChI is InChI=1S/C62H98O35S2/c1-25-45(92-53-44(74)47(37(67)31(22-64)89-53)93-52-43(73)46(83-10)38(68)32(90-52)24-85-98(77,78)79)42(72)49(94-51-41(71)40(70)36(66)30(21-63)88-51)55(86-25)95-48-39(69)33(97-99(80,81)82)23-84-54(48)91-35-15-18-59(7)27-14-19-62-50(61(9,96-56(62)75)17-11-16-57(3,4)76)29(87-26(2)65)20-60(62,8)28(27)12-13-34(59)58(35,5)6/h11-12,16,25,27,29-55,63-64,66-74,76H,13-15,17-24H2,1-10H3,(H,77,78,79)(H,80,81,82)/p-2/b16-11+/t25-,27-,29+,30-,31-,32-,33-,34+,35+,36-,37-,38-,39+,40+,41-,42+,43-,44-,45-,46+,47+,48-,49-,50-,51+,52+,53+,54+,55+,59-,60+,61+,62-/m1/s1. The number of esters is 2. The molecule has 6 saturated heterocycles. The average Bonchev–Trinajstić information content (AvgIpc) is 1.51. The molecule has 6 aliphatic heterocycles. The smallest absolute Gasteiger partial charge is 0.314 e. The number of fused-ring (bicyclic) bond motifs is 4. The fraction of sp³-hybridized carbons (Fsp3) is 0.903. The van der Waals surface area contributed by atoms with Gasteiger partial charge in [0, 0.05) is 25.9 Å². The molecule has 35 nitrogen and oxygen atoms in total. The molecule has 10 rings (SSSR count). The molecule has 0 aromatic rings. The third-order valence-corrected chi connectivity index (χ3v) is 23.6. The Morgan fingerprint density at radius 2 is 1.25 bits per heavy atom. The largest absolute Gasteiger partial charge is 0.726 e. The van der Waals surface area contributed by atoms with Gasteiger partial charge in [0.15, 0.2) is 31.5 Å². The molecule has 0 unspecified atom stereocenters. The van der Waals surface area contributed by atoms with Crippen LogP contribution in [0.3, 0.4) is 0 Å². The van der Waals surface area contributed by atoms with Gasteiger partial charge in [-0.2, -0.15) is 0 Å². The van der Waals surface area contributed by atoms with E-state index >= 15 is 0 Å². The molecule has 33 atom stereocenters. The van der Waals surface area contributed by atoms with Gasteiger partial charge in [0.1, 0.15) is 122 Å². The van der Waals surface area contributed by atoms with Crippen molar-refractivity contribution in [2.75, 3.05) is 33.5 Å². The van der Waals surface area contributed by atoms with Crippen molar-refractivity contribution in [1.82, 2.24) is 0 Å². The number of carbonyl (C=O) groups excluding carboxylic acids is 2. The number of allylic oxidation sites excluding steroid dienone is 2. The summed E-state index contributed by atoms with van der Waals surface area (Å²) in [5.41, 5.74) is -4.36. The molecule has 99 heavy (non-hydrogen) atoms. The molecule has 4 aliphatic carbocycles. The number of cyclic esters (lactones) is 1. The van der Waals surface area contributed by atoms with Crippen molar-refractivity contribution in [1.29, 1.82) is 0 Å². The quantitative estimate of drug-likeness (QED) is 0.0212. The van der Waals surface area contributed by atoms with Crippen LogP contribution >= 0.6 is 0 Å². The van der Waals surface area contributed by atoms with Gasteiger partial charge < -0.3 is 132 Å². The monoisotopic (exact) mass is 1460 g/mol. The molecule has 0 bridgehead atoms. The molecule has 0 aromatic carbocycles. The molecule has 0 radical (unpaired) electrons. The van der Waals surface area contributed by atoms with Crippen molar-refractivity contribution in [3.8, 4) is 0 Å². The zero-order chi connectivity index (χ0) is 73.0. The maximum Gasteiger partial charge on any atom is 0.314 e. The Bertz CT molecular complexity index is 3150. The molecular weight excluding hydrogens is 1370 g/mol. The third kappa shape index (κ3) is 15.0. The van der Waals surface area contributed by atoms with Gasteiger partial charge in [0.05, 0.1) is 55.6 Å². The summed E-state index contributed by atoms with van der Waals surface area (Å²) >= 11 is 0. The minimum absolute atomic E-state index is 0.104. The highest BCUT2D eigenvalue weighted by atomic mass is 32.3. The molecule has 9 fully saturated rings. The first-order valence-electron chi connectivity index (χ1n) is 33.1. The van der Waals surface area contributed by atoms with Crippen LogP contribution in [0.25, 0.3) is 0 Å². The van der Waals surface area contributed by atoms with Crippen LogP contribution in [0.5, 0.6) is 0 Å². The lowest BCUT2D eigenvalue weighted by Gasteiger charge is -2.64. The van der Waals surface area contributed by atoms with Gasteiger partial charge in [0.25, 0.3) is 0 Å². The molecule has 0 amide bonds. The van der Waals surface area contributed by atoms with Crippen LogP contribution in [0, 0.1) is 39.4 Å². The van der Waals surface area contributed by atoms with Crippen LogP contribution in [0.15, 0.2) is 23.8 Å². The average molecular weight is 1470 g/mol. The normalized spacial score (nSPS) is 48.7. The SMILES string of the molecule is CO[C@@H]1[C@@H](O)[C@H](O[C@@H]2[C@@H](O)[C@H](O[C@H]3[C@H](O)[C@@H](O[C@@H]4O[C@H](CO)[C@@H](O)[C@H](O)[C@H]4O)[C@H](O[C@H]4[C@H](O[C@H]5CC[C@]6(C)[C@@H]7CC[C@]89C(=O)O[C@@](C)(C/C=C/C(C)(C)O)[C@H]8[C@@H](OC(C)=O)C[C@@]9(C)C7=CC[C@H]6C5(C)C)OC[C@@H](OS(=O)(=O)[O-])[C@@H]4O)O[C@@H]3C)O[C@H](CO)[C@H]2O)O[C@H](COS(=O)(=O)[O-])[C@H]1O. The van der Waals surface area contributed by atoms with Gasteiger partial charge in [-0.1, -0.05) is 51.5 Å². The topological polar surface area (TPSA) is 530 Å². The highest BCUT2D eigenvalue weighted by Gasteiger charge is 2.79. The fourth-order valence-corrected chi connectivity index (χ4v) is 18.8. The predicted octanol–water partition coefficient (Wildman–Crippen LogP) is -4.08. The van der Waals surface area contributed by atoms with Crippen molar-refractivity contribution in [2.24, 2.45) is 39.4 Å². The molecule has 0 aromatic heterocycles. The second-order valence-corrected chi connectivity index (χ2v) is 31.8. The number of aliphatic hydroxyl groups is 12. The maximum absolute atomic E-state index is 14.8. The van der Waals surface area contributed by atoms with Crippen LogP contribution in [0.1, 0.15) is 107 Å². The third-order valence-electron chi connectivity index (χ3n) is 22.7. The van der Waals surface area contributed by atoms with Gasteiger partial charge in [0.2, 0.25) is 20.8 Å². The Balaban J connectivity index is 0.926. The second kappa shape index (κ2) is 29.2.